The lowest BCUT2D eigenvalue weighted by Gasteiger charge is -2.35. The van der Waals surface area contributed by atoms with Crippen LogP contribution in [0.15, 0.2) is 48.5 Å². The van der Waals surface area contributed by atoms with Crippen molar-refractivity contribution in [2.45, 2.75) is 44.6 Å². The van der Waals surface area contributed by atoms with Crippen LogP contribution in [-0.2, 0) is 4.79 Å². The van der Waals surface area contributed by atoms with Crippen LogP contribution in [0.25, 0.3) is 0 Å². The van der Waals surface area contributed by atoms with Gasteiger partial charge < -0.3 is 9.80 Å². The third-order valence-corrected chi connectivity index (χ3v) is 6.52. The summed E-state index contributed by atoms with van der Waals surface area (Å²) in [5, 5.41) is 11.0. The van der Waals surface area contributed by atoms with Crippen LogP contribution in [-0.4, -0.2) is 52.2 Å². The molecule has 2 heterocycles. The van der Waals surface area contributed by atoms with Gasteiger partial charge in [-0.3, -0.25) is 19.7 Å². The van der Waals surface area contributed by atoms with Crippen LogP contribution in [0.3, 0.4) is 0 Å². The Hall–Kier alpha value is -3.22. The van der Waals surface area contributed by atoms with Crippen molar-refractivity contribution in [1.82, 2.24) is 9.80 Å². The van der Waals surface area contributed by atoms with Gasteiger partial charge in [-0.15, -0.1) is 0 Å². The van der Waals surface area contributed by atoms with Crippen molar-refractivity contribution in [2.75, 3.05) is 19.6 Å². The van der Waals surface area contributed by atoms with Gasteiger partial charge in [-0.2, -0.15) is 0 Å². The molecule has 0 N–H and O–H groups in total. The standard InChI is InChI=1S/C24H27N3O4/c1-17-16-20(9-10-21(17)27(30)31)23(28)26-13-5-8-22(26)24(29)25-14-11-19(12-15-25)18-6-3-2-4-7-18/h2-4,6-7,9-10,16,19,22H,5,8,11-15H2,1H3. The van der Waals surface area contributed by atoms with Crippen LogP contribution in [0.5, 0.6) is 0 Å². The molecule has 2 aliphatic heterocycles. The van der Waals surface area contributed by atoms with Gasteiger partial charge in [0.15, 0.2) is 0 Å². The van der Waals surface area contributed by atoms with Gasteiger partial charge in [0.1, 0.15) is 6.04 Å². The molecule has 2 aromatic carbocycles. The predicted octanol–water partition coefficient (Wildman–Crippen LogP) is 3.91. The largest absolute Gasteiger partial charge is 0.341 e. The number of amides is 2. The zero-order valence-electron chi connectivity index (χ0n) is 17.7. The molecule has 31 heavy (non-hydrogen) atoms. The first-order valence-electron chi connectivity index (χ1n) is 10.9. The van der Waals surface area contributed by atoms with E-state index in [4.69, 9.17) is 0 Å². The molecule has 0 saturated carbocycles. The molecule has 0 spiro atoms. The molecular weight excluding hydrogens is 394 g/mol. The van der Waals surface area contributed by atoms with E-state index in [0.29, 0.717) is 43.1 Å². The van der Waals surface area contributed by atoms with Crippen LogP contribution in [0.4, 0.5) is 5.69 Å². The highest BCUT2D eigenvalue weighted by atomic mass is 16.6. The van der Waals surface area contributed by atoms with Gasteiger partial charge in [0.25, 0.3) is 11.6 Å². The number of hydrogen-bond acceptors (Lipinski definition) is 4. The van der Waals surface area contributed by atoms with Crippen molar-refractivity contribution in [3.63, 3.8) is 0 Å². The first kappa shape index (κ1) is 21.0. The van der Waals surface area contributed by atoms with Crippen molar-refractivity contribution in [1.29, 1.82) is 0 Å². The fraction of sp³-hybridized carbons (Fsp3) is 0.417. The van der Waals surface area contributed by atoms with E-state index in [0.717, 1.165) is 19.3 Å². The number of carbonyl (C=O) groups is 2. The molecule has 7 heteroatoms. The second-order valence-electron chi connectivity index (χ2n) is 8.43. The zero-order valence-corrected chi connectivity index (χ0v) is 17.7. The number of hydrogen-bond donors (Lipinski definition) is 0. The Bertz CT molecular complexity index is 984. The molecule has 0 aromatic heterocycles. The first-order valence-corrected chi connectivity index (χ1v) is 10.9. The molecule has 0 radical (unpaired) electrons. The Morgan fingerprint density at radius 1 is 1.00 bits per heavy atom. The summed E-state index contributed by atoms with van der Waals surface area (Å²) in [5.74, 6) is 0.263. The Kier molecular flexibility index (Phi) is 6.02. The maximum atomic E-state index is 13.2. The maximum Gasteiger partial charge on any atom is 0.272 e. The summed E-state index contributed by atoms with van der Waals surface area (Å²) in [4.78, 5) is 40.5. The van der Waals surface area contributed by atoms with E-state index in [9.17, 15) is 19.7 Å². The van der Waals surface area contributed by atoms with Crippen molar-refractivity contribution in [3.8, 4) is 0 Å². The molecule has 2 saturated heterocycles. The molecule has 7 nitrogen and oxygen atoms in total. The van der Waals surface area contributed by atoms with Crippen LogP contribution in [0.1, 0.15) is 53.1 Å². The fourth-order valence-corrected chi connectivity index (χ4v) is 4.79. The number of nitro benzene ring substituents is 1. The summed E-state index contributed by atoms with van der Waals surface area (Å²) in [6.45, 7) is 3.56. The molecule has 1 atom stereocenters. The molecule has 1 unspecified atom stereocenters. The topological polar surface area (TPSA) is 83.8 Å². The monoisotopic (exact) mass is 421 g/mol. The average molecular weight is 421 g/mol. The quantitative estimate of drug-likeness (QED) is 0.553. The summed E-state index contributed by atoms with van der Waals surface area (Å²) >= 11 is 0. The number of piperidine rings is 1. The Balaban J connectivity index is 1.42. The van der Waals surface area contributed by atoms with Gasteiger partial charge in [0, 0.05) is 36.8 Å². The van der Waals surface area contributed by atoms with Gasteiger partial charge in [-0.1, -0.05) is 30.3 Å². The number of carbonyl (C=O) groups excluding carboxylic acids is 2. The normalized spacial score (nSPS) is 19.5. The SMILES string of the molecule is Cc1cc(C(=O)N2CCCC2C(=O)N2CCC(c3ccccc3)CC2)ccc1[N+](=O)[O-]. The lowest BCUT2D eigenvalue weighted by atomic mass is 9.89. The fourth-order valence-electron chi connectivity index (χ4n) is 4.79. The third kappa shape index (κ3) is 4.31. The summed E-state index contributed by atoms with van der Waals surface area (Å²) in [6.07, 6.45) is 3.31. The number of rotatable bonds is 4. The molecule has 162 valence electrons. The number of aryl methyl sites for hydroxylation is 1. The molecule has 2 amide bonds. The summed E-state index contributed by atoms with van der Waals surface area (Å²) in [7, 11) is 0. The minimum atomic E-state index is -0.454. The van der Waals surface area contributed by atoms with Crippen LogP contribution < -0.4 is 0 Å². The number of benzene rings is 2. The summed E-state index contributed by atoms with van der Waals surface area (Å²) in [6, 6.07) is 14.4. The Labute approximate surface area is 181 Å². The highest BCUT2D eigenvalue weighted by molar-refractivity contribution is 5.98. The minimum Gasteiger partial charge on any atom is -0.341 e. The highest BCUT2D eigenvalue weighted by Crippen LogP contribution is 2.30. The van der Waals surface area contributed by atoms with Crippen molar-refractivity contribution in [2.24, 2.45) is 0 Å². The number of nitrogens with zero attached hydrogens (tertiary/aromatic N) is 3. The van der Waals surface area contributed by atoms with Crippen molar-refractivity contribution < 1.29 is 14.5 Å². The van der Waals surface area contributed by atoms with Crippen LogP contribution in [0.2, 0.25) is 0 Å². The maximum absolute atomic E-state index is 13.2. The van der Waals surface area contributed by atoms with E-state index in [1.54, 1.807) is 17.9 Å². The van der Waals surface area contributed by atoms with E-state index in [1.807, 2.05) is 11.0 Å². The Morgan fingerprint density at radius 3 is 2.35 bits per heavy atom. The zero-order chi connectivity index (χ0) is 22.0. The second kappa shape index (κ2) is 8.88. The van der Waals surface area contributed by atoms with Crippen molar-refractivity contribution in [3.05, 3.63) is 75.3 Å². The molecule has 0 aliphatic carbocycles. The van der Waals surface area contributed by atoms with E-state index >= 15 is 0 Å². The van der Waals surface area contributed by atoms with E-state index in [1.165, 1.54) is 17.7 Å². The van der Waals surface area contributed by atoms with Gasteiger partial charge in [-0.25, -0.2) is 0 Å². The van der Waals surface area contributed by atoms with E-state index < -0.39 is 11.0 Å². The number of likely N-dealkylation sites (tertiary alicyclic amines) is 2. The number of nitro groups is 1. The van der Waals surface area contributed by atoms with Gasteiger partial charge in [0.2, 0.25) is 5.91 Å². The third-order valence-electron chi connectivity index (χ3n) is 6.52. The molecule has 2 aromatic rings. The predicted molar refractivity (Wildman–Crippen MR) is 117 cm³/mol. The summed E-state index contributed by atoms with van der Waals surface area (Å²) in [5.41, 5.74) is 2.15. The van der Waals surface area contributed by atoms with Crippen molar-refractivity contribution >= 4 is 17.5 Å². The molecule has 2 fully saturated rings. The lowest BCUT2D eigenvalue weighted by molar-refractivity contribution is -0.385. The van der Waals surface area contributed by atoms with Gasteiger partial charge in [-0.05, 0) is 56.2 Å². The Morgan fingerprint density at radius 2 is 1.71 bits per heavy atom. The van der Waals surface area contributed by atoms with Crippen LogP contribution >= 0.6 is 0 Å². The van der Waals surface area contributed by atoms with Gasteiger partial charge in [0.05, 0.1) is 4.92 Å². The van der Waals surface area contributed by atoms with E-state index in [-0.39, 0.29) is 17.5 Å². The second-order valence-corrected chi connectivity index (χ2v) is 8.43. The first-order chi connectivity index (χ1) is 15.0. The smallest absolute Gasteiger partial charge is 0.272 e. The molecule has 0 bridgehead atoms. The highest BCUT2D eigenvalue weighted by Gasteiger charge is 2.38. The summed E-state index contributed by atoms with van der Waals surface area (Å²) < 4.78 is 0. The van der Waals surface area contributed by atoms with Gasteiger partial charge >= 0.3 is 0 Å². The molecular formula is C24H27N3O4. The molecule has 4 rings (SSSR count). The van der Waals surface area contributed by atoms with E-state index in [2.05, 4.69) is 24.3 Å². The minimum absolute atomic E-state index is 0.00751. The lowest BCUT2D eigenvalue weighted by Crippen LogP contribution is -2.49. The molecule has 2 aliphatic rings. The average Bonchev–Trinajstić information content (AvgIpc) is 3.28. The van der Waals surface area contributed by atoms with Crippen LogP contribution in [0, 0.1) is 17.0 Å².